The number of hydrogen-bond acceptors (Lipinski definition) is 5. The van der Waals surface area contributed by atoms with E-state index < -0.39 is 17.4 Å². The van der Waals surface area contributed by atoms with Crippen LogP contribution >= 0.6 is 0 Å². The van der Waals surface area contributed by atoms with Crippen LogP contribution in [0, 0.1) is 11.8 Å². The van der Waals surface area contributed by atoms with Crippen molar-refractivity contribution >= 4 is 11.9 Å². The lowest BCUT2D eigenvalue weighted by Crippen LogP contribution is -2.39. The predicted octanol–water partition coefficient (Wildman–Crippen LogP) is -0.0221. The van der Waals surface area contributed by atoms with Crippen molar-refractivity contribution in [3.8, 4) is 0 Å². The van der Waals surface area contributed by atoms with Gasteiger partial charge in [-0.25, -0.2) is 0 Å². The second-order valence-electron chi connectivity index (χ2n) is 5.53. The van der Waals surface area contributed by atoms with Crippen molar-refractivity contribution in [1.29, 1.82) is 0 Å². The van der Waals surface area contributed by atoms with E-state index in [1.54, 1.807) is 12.0 Å². The molecule has 6 heteroatoms. The molecular weight excluding hydrogens is 262 g/mol. The first-order valence-corrected chi connectivity index (χ1v) is 6.86. The lowest BCUT2D eigenvalue weighted by Gasteiger charge is -2.22. The van der Waals surface area contributed by atoms with Crippen LogP contribution in [0.25, 0.3) is 0 Å². The van der Waals surface area contributed by atoms with Gasteiger partial charge in [-0.05, 0) is 6.42 Å². The van der Waals surface area contributed by atoms with Crippen LogP contribution in [0.15, 0.2) is 12.2 Å². The molecule has 3 aliphatic heterocycles. The first-order chi connectivity index (χ1) is 9.63. The standard InChI is InChI=1S/C14H19NO5/c1-18-7-3-6-15-8-14-5-4-9(20-14)10(13(17)19-2)11(14)12(15)16/h4-5,9-11H,3,6-8H2,1-2H3/t9-,10-,11+,14+/m0/s1. The molecule has 1 amide bonds. The largest absolute Gasteiger partial charge is 0.469 e. The number of methoxy groups -OCH3 is 2. The van der Waals surface area contributed by atoms with Crippen LogP contribution in [0.5, 0.6) is 0 Å². The molecule has 6 nitrogen and oxygen atoms in total. The van der Waals surface area contributed by atoms with Gasteiger partial charge < -0.3 is 19.1 Å². The monoisotopic (exact) mass is 281 g/mol. The lowest BCUT2D eigenvalue weighted by molar-refractivity contribution is -0.151. The van der Waals surface area contributed by atoms with E-state index in [-0.39, 0.29) is 18.0 Å². The highest BCUT2D eigenvalue weighted by Crippen LogP contribution is 2.52. The fraction of sp³-hybridized carbons (Fsp3) is 0.714. The quantitative estimate of drug-likeness (QED) is 0.402. The minimum absolute atomic E-state index is 0.0108. The van der Waals surface area contributed by atoms with Gasteiger partial charge in [-0.3, -0.25) is 9.59 Å². The van der Waals surface area contributed by atoms with Gasteiger partial charge in [-0.15, -0.1) is 0 Å². The maximum absolute atomic E-state index is 12.6. The van der Waals surface area contributed by atoms with E-state index in [2.05, 4.69) is 0 Å². The Balaban J connectivity index is 1.79. The molecular formula is C14H19NO5. The molecule has 3 heterocycles. The summed E-state index contributed by atoms with van der Waals surface area (Å²) < 4.78 is 15.8. The summed E-state index contributed by atoms with van der Waals surface area (Å²) in [5, 5.41) is 0. The lowest BCUT2D eigenvalue weighted by atomic mass is 9.77. The number of carbonyl (C=O) groups excluding carboxylic acids is 2. The van der Waals surface area contributed by atoms with Crippen molar-refractivity contribution in [1.82, 2.24) is 4.90 Å². The maximum Gasteiger partial charge on any atom is 0.312 e. The van der Waals surface area contributed by atoms with Gasteiger partial charge in [0.2, 0.25) is 5.91 Å². The van der Waals surface area contributed by atoms with E-state index in [0.717, 1.165) is 6.42 Å². The van der Waals surface area contributed by atoms with Crippen LogP contribution < -0.4 is 0 Å². The van der Waals surface area contributed by atoms with Crippen LogP contribution in [-0.2, 0) is 23.8 Å². The Morgan fingerprint density at radius 3 is 3.05 bits per heavy atom. The fourth-order valence-corrected chi connectivity index (χ4v) is 3.57. The second kappa shape index (κ2) is 4.86. The first-order valence-electron chi connectivity index (χ1n) is 6.86. The van der Waals surface area contributed by atoms with Gasteiger partial charge in [0.05, 0.1) is 25.7 Å². The molecule has 0 aromatic carbocycles. The topological polar surface area (TPSA) is 65.1 Å². The van der Waals surface area contributed by atoms with Gasteiger partial charge in [0, 0.05) is 20.3 Å². The number of esters is 1. The molecule has 0 aromatic rings. The number of nitrogens with zero attached hydrogens (tertiary/aromatic N) is 1. The van der Waals surface area contributed by atoms with E-state index in [4.69, 9.17) is 14.2 Å². The average Bonchev–Trinajstić information content (AvgIpc) is 3.07. The molecule has 0 aromatic heterocycles. The number of amides is 1. The normalized spacial score (nSPS) is 37.6. The Hall–Kier alpha value is -1.40. The Morgan fingerprint density at radius 2 is 2.35 bits per heavy atom. The molecule has 110 valence electrons. The summed E-state index contributed by atoms with van der Waals surface area (Å²) in [6.45, 7) is 1.75. The summed E-state index contributed by atoms with van der Waals surface area (Å²) in [6, 6.07) is 0. The van der Waals surface area contributed by atoms with Crippen molar-refractivity contribution in [2.45, 2.75) is 18.1 Å². The summed E-state index contributed by atoms with van der Waals surface area (Å²) in [7, 11) is 2.99. The summed E-state index contributed by atoms with van der Waals surface area (Å²) in [5.41, 5.74) is -0.631. The molecule has 3 rings (SSSR count). The average molecular weight is 281 g/mol. The van der Waals surface area contributed by atoms with Crippen molar-refractivity contribution < 1.29 is 23.8 Å². The molecule has 1 spiro atoms. The Morgan fingerprint density at radius 1 is 1.55 bits per heavy atom. The van der Waals surface area contributed by atoms with E-state index in [1.165, 1.54) is 7.11 Å². The minimum Gasteiger partial charge on any atom is -0.469 e. The van der Waals surface area contributed by atoms with Crippen molar-refractivity contribution in [3.63, 3.8) is 0 Å². The zero-order chi connectivity index (χ0) is 14.3. The SMILES string of the molecule is COCCCN1C[C@@]23C=C[C@H](O2)[C@H](C(=O)OC)[C@@H]3C1=O. The molecule has 0 saturated carbocycles. The summed E-state index contributed by atoms with van der Waals surface area (Å²) in [6.07, 6.45) is 4.28. The number of carbonyl (C=O) groups is 2. The van der Waals surface area contributed by atoms with Gasteiger partial charge in [-0.2, -0.15) is 0 Å². The molecule has 0 N–H and O–H groups in total. The highest BCUT2D eigenvalue weighted by atomic mass is 16.5. The highest BCUT2D eigenvalue weighted by molar-refractivity contribution is 5.91. The Kier molecular flexibility index (Phi) is 3.30. The third kappa shape index (κ3) is 1.78. The number of rotatable bonds is 5. The molecule has 4 atom stereocenters. The van der Waals surface area contributed by atoms with Gasteiger partial charge in [-0.1, -0.05) is 12.2 Å². The number of ether oxygens (including phenoxy) is 3. The van der Waals surface area contributed by atoms with Crippen LogP contribution in [0.2, 0.25) is 0 Å². The maximum atomic E-state index is 12.6. The minimum atomic E-state index is -0.631. The van der Waals surface area contributed by atoms with E-state index in [9.17, 15) is 9.59 Å². The van der Waals surface area contributed by atoms with Gasteiger partial charge >= 0.3 is 5.97 Å². The summed E-state index contributed by atoms with van der Waals surface area (Å²) in [5.74, 6) is -1.32. The molecule has 2 saturated heterocycles. The van der Waals surface area contributed by atoms with Crippen LogP contribution in [0.1, 0.15) is 6.42 Å². The highest BCUT2D eigenvalue weighted by Gasteiger charge is 2.67. The third-order valence-electron chi connectivity index (χ3n) is 4.43. The van der Waals surface area contributed by atoms with Gasteiger partial charge in [0.25, 0.3) is 0 Å². The van der Waals surface area contributed by atoms with Crippen LogP contribution in [0.3, 0.4) is 0 Å². The van der Waals surface area contributed by atoms with Crippen LogP contribution in [-0.4, -0.2) is 62.4 Å². The zero-order valence-electron chi connectivity index (χ0n) is 11.7. The molecule has 3 aliphatic rings. The summed E-state index contributed by atoms with van der Waals surface area (Å²) in [4.78, 5) is 26.3. The fourth-order valence-electron chi connectivity index (χ4n) is 3.57. The number of likely N-dealkylation sites (tertiary alicyclic amines) is 1. The van der Waals surface area contributed by atoms with E-state index in [0.29, 0.717) is 19.7 Å². The molecule has 0 aliphatic carbocycles. The zero-order valence-corrected chi connectivity index (χ0v) is 11.7. The number of hydrogen-bond donors (Lipinski definition) is 0. The predicted molar refractivity (Wildman–Crippen MR) is 68.8 cm³/mol. The third-order valence-corrected chi connectivity index (χ3v) is 4.43. The Labute approximate surface area is 117 Å². The van der Waals surface area contributed by atoms with Gasteiger partial charge in [0.1, 0.15) is 11.5 Å². The van der Waals surface area contributed by atoms with E-state index >= 15 is 0 Å². The van der Waals surface area contributed by atoms with E-state index in [1.807, 2.05) is 12.2 Å². The Bertz CT molecular complexity index is 462. The smallest absolute Gasteiger partial charge is 0.312 e. The first kappa shape index (κ1) is 13.6. The second-order valence-corrected chi connectivity index (χ2v) is 5.53. The molecule has 0 radical (unpaired) electrons. The van der Waals surface area contributed by atoms with Crippen molar-refractivity contribution in [2.75, 3.05) is 33.9 Å². The molecule has 2 fully saturated rings. The van der Waals surface area contributed by atoms with Gasteiger partial charge in [0.15, 0.2) is 0 Å². The molecule has 20 heavy (non-hydrogen) atoms. The molecule has 2 bridgehead atoms. The van der Waals surface area contributed by atoms with Crippen LogP contribution in [0.4, 0.5) is 0 Å². The van der Waals surface area contributed by atoms with Crippen molar-refractivity contribution in [3.05, 3.63) is 12.2 Å². The number of fused-ring (bicyclic) bond motifs is 1. The molecule has 0 unspecified atom stereocenters. The van der Waals surface area contributed by atoms with Crippen molar-refractivity contribution in [2.24, 2.45) is 11.8 Å². The summed E-state index contributed by atoms with van der Waals surface area (Å²) >= 11 is 0.